The first-order valence-electron chi connectivity index (χ1n) is 4.86. The van der Waals surface area contributed by atoms with Crippen molar-refractivity contribution in [1.82, 2.24) is 9.97 Å². The Balaban J connectivity index is 2.22. The Morgan fingerprint density at radius 3 is 2.71 bits per heavy atom. The second kappa shape index (κ2) is 4.50. The summed E-state index contributed by atoms with van der Waals surface area (Å²) in [6, 6.07) is 3.17. The predicted octanol–water partition coefficient (Wildman–Crippen LogP) is 2.65. The highest BCUT2D eigenvalue weighted by atomic mass is 32.1. The van der Waals surface area contributed by atoms with Crippen molar-refractivity contribution < 1.29 is 14.6 Å². The third kappa shape index (κ3) is 2.79. The van der Waals surface area contributed by atoms with Crippen LogP contribution in [0.25, 0.3) is 0 Å². The maximum atomic E-state index is 10.7. The Hall–Kier alpha value is -1.95. The summed E-state index contributed by atoms with van der Waals surface area (Å²) in [7, 11) is 0. The largest absolute Gasteiger partial charge is 0.477 e. The number of aromatic carboxylic acids is 1. The summed E-state index contributed by atoms with van der Waals surface area (Å²) < 4.78 is 5.47. The van der Waals surface area contributed by atoms with Crippen molar-refractivity contribution in [3.05, 3.63) is 33.9 Å². The standard InChI is InChI=1S/C11H10N2O3S/c1-6-3-10(13-7(2)12-6)16-8-4-9(11(14)15)17-5-8/h3-5H,1-2H3,(H,14,15). The van der Waals surface area contributed by atoms with Gasteiger partial charge in [0.15, 0.2) is 0 Å². The number of nitrogens with zero attached hydrogens (tertiary/aromatic N) is 2. The zero-order valence-corrected chi connectivity index (χ0v) is 10.1. The summed E-state index contributed by atoms with van der Waals surface area (Å²) in [5.41, 5.74) is 0.807. The molecular formula is C11H10N2O3S. The molecule has 0 unspecified atom stereocenters. The lowest BCUT2D eigenvalue weighted by Gasteiger charge is -2.03. The van der Waals surface area contributed by atoms with Crippen LogP contribution in [0.1, 0.15) is 21.2 Å². The van der Waals surface area contributed by atoms with Gasteiger partial charge in [0.2, 0.25) is 5.88 Å². The van der Waals surface area contributed by atoms with E-state index in [1.165, 1.54) is 6.07 Å². The Bertz CT molecular complexity index is 545. The smallest absolute Gasteiger partial charge is 0.346 e. The SMILES string of the molecule is Cc1cc(Oc2csc(C(=O)O)c2)nc(C)n1. The Morgan fingerprint density at radius 2 is 2.12 bits per heavy atom. The lowest BCUT2D eigenvalue weighted by molar-refractivity contribution is 0.0702. The topological polar surface area (TPSA) is 72.3 Å². The summed E-state index contributed by atoms with van der Waals surface area (Å²) in [6.45, 7) is 3.62. The molecule has 0 aliphatic carbocycles. The second-order valence-corrected chi connectivity index (χ2v) is 4.36. The van der Waals surface area contributed by atoms with Crippen LogP contribution in [-0.4, -0.2) is 21.0 Å². The van der Waals surface area contributed by atoms with Gasteiger partial charge in [-0.15, -0.1) is 11.3 Å². The maximum Gasteiger partial charge on any atom is 0.346 e. The number of hydrogen-bond donors (Lipinski definition) is 1. The van der Waals surface area contributed by atoms with Crippen molar-refractivity contribution >= 4 is 17.3 Å². The molecule has 17 heavy (non-hydrogen) atoms. The number of rotatable bonds is 3. The van der Waals surface area contributed by atoms with Crippen LogP contribution in [0.4, 0.5) is 0 Å². The van der Waals surface area contributed by atoms with Gasteiger partial charge in [0.05, 0.1) is 0 Å². The quantitative estimate of drug-likeness (QED) is 0.906. The van der Waals surface area contributed by atoms with Crippen LogP contribution in [0, 0.1) is 13.8 Å². The van der Waals surface area contributed by atoms with Gasteiger partial charge in [-0.25, -0.2) is 9.78 Å². The van der Waals surface area contributed by atoms with E-state index in [0.717, 1.165) is 17.0 Å². The Labute approximate surface area is 102 Å². The monoisotopic (exact) mass is 250 g/mol. The Morgan fingerprint density at radius 1 is 1.35 bits per heavy atom. The van der Waals surface area contributed by atoms with E-state index >= 15 is 0 Å². The number of thiophene rings is 1. The molecular weight excluding hydrogens is 240 g/mol. The molecule has 0 bridgehead atoms. The summed E-state index contributed by atoms with van der Waals surface area (Å²) >= 11 is 1.12. The lowest BCUT2D eigenvalue weighted by atomic mass is 10.4. The number of carboxylic acid groups (broad SMARTS) is 1. The van der Waals surface area contributed by atoms with Crippen molar-refractivity contribution in [3.63, 3.8) is 0 Å². The fourth-order valence-corrected chi connectivity index (χ4v) is 1.98. The second-order valence-electron chi connectivity index (χ2n) is 3.45. The number of carboxylic acids is 1. The number of hydrogen-bond acceptors (Lipinski definition) is 5. The number of ether oxygens (including phenoxy) is 1. The van der Waals surface area contributed by atoms with E-state index in [0.29, 0.717) is 17.5 Å². The maximum absolute atomic E-state index is 10.7. The summed E-state index contributed by atoms with van der Waals surface area (Å²) in [6.07, 6.45) is 0. The first kappa shape index (κ1) is 11.5. The first-order valence-corrected chi connectivity index (χ1v) is 5.74. The van der Waals surface area contributed by atoms with Gasteiger partial charge in [0, 0.05) is 23.2 Å². The van der Waals surface area contributed by atoms with Crippen LogP contribution in [-0.2, 0) is 0 Å². The number of aromatic nitrogens is 2. The molecule has 2 heterocycles. The lowest BCUT2D eigenvalue weighted by Crippen LogP contribution is -1.94. The van der Waals surface area contributed by atoms with Crippen LogP contribution in [0.3, 0.4) is 0 Å². The van der Waals surface area contributed by atoms with Crippen LogP contribution in [0.2, 0.25) is 0 Å². The van der Waals surface area contributed by atoms with E-state index in [1.54, 1.807) is 18.4 Å². The average molecular weight is 250 g/mol. The molecule has 0 radical (unpaired) electrons. The number of carbonyl (C=O) groups is 1. The van der Waals surface area contributed by atoms with Gasteiger partial charge in [-0.2, -0.15) is 4.98 Å². The highest BCUT2D eigenvalue weighted by Gasteiger charge is 2.09. The third-order valence-electron chi connectivity index (χ3n) is 1.95. The van der Waals surface area contributed by atoms with E-state index in [4.69, 9.17) is 9.84 Å². The van der Waals surface area contributed by atoms with E-state index in [-0.39, 0.29) is 4.88 Å². The molecule has 0 aliphatic rings. The van der Waals surface area contributed by atoms with E-state index in [1.807, 2.05) is 6.92 Å². The molecule has 0 amide bonds. The Kier molecular flexibility index (Phi) is 3.06. The van der Waals surface area contributed by atoms with Gasteiger partial charge in [-0.3, -0.25) is 0 Å². The van der Waals surface area contributed by atoms with Crippen molar-refractivity contribution in [2.24, 2.45) is 0 Å². The highest BCUT2D eigenvalue weighted by Crippen LogP contribution is 2.26. The van der Waals surface area contributed by atoms with Gasteiger partial charge >= 0.3 is 5.97 Å². The van der Waals surface area contributed by atoms with Gasteiger partial charge in [-0.1, -0.05) is 0 Å². The van der Waals surface area contributed by atoms with Crippen LogP contribution in [0.15, 0.2) is 17.5 Å². The molecule has 0 spiro atoms. The molecule has 2 aromatic heterocycles. The van der Waals surface area contributed by atoms with E-state index in [2.05, 4.69) is 9.97 Å². The minimum atomic E-state index is -0.958. The van der Waals surface area contributed by atoms with Gasteiger partial charge in [0.25, 0.3) is 0 Å². The normalized spacial score (nSPS) is 10.2. The summed E-state index contributed by atoms with van der Waals surface area (Å²) in [5.74, 6) is 0.559. The minimum Gasteiger partial charge on any atom is -0.477 e. The van der Waals surface area contributed by atoms with Crippen LogP contribution >= 0.6 is 11.3 Å². The predicted molar refractivity (Wildman–Crippen MR) is 62.9 cm³/mol. The molecule has 0 atom stereocenters. The van der Waals surface area contributed by atoms with Crippen molar-refractivity contribution in [1.29, 1.82) is 0 Å². The van der Waals surface area contributed by atoms with Gasteiger partial charge < -0.3 is 9.84 Å². The third-order valence-corrected chi connectivity index (χ3v) is 2.85. The molecule has 2 aromatic rings. The van der Waals surface area contributed by atoms with Gasteiger partial charge in [-0.05, 0) is 13.8 Å². The highest BCUT2D eigenvalue weighted by molar-refractivity contribution is 7.12. The molecule has 6 heteroatoms. The van der Waals surface area contributed by atoms with E-state index in [9.17, 15) is 4.79 Å². The summed E-state index contributed by atoms with van der Waals surface area (Å²) in [5, 5.41) is 10.4. The molecule has 1 N–H and O–H groups in total. The molecule has 0 aliphatic heterocycles. The van der Waals surface area contributed by atoms with Crippen molar-refractivity contribution in [3.8, 4) is 11.6 Å². The van der Waals surface area contributed by atoms with Crippen LogP contribution in [0.5, 0.6) is 11.6 Å². The van der Waals surface area contributed by atoms with Crippen LogP contribution < -0.4 is 4.74 Å². The molecule has 0 aromatic carbocycles. The molecule has 5 nitrogen and oxygen atoms in total. The fraction of sp³-hybridized carbons (Fsp3) is 0.182. The van der Waals surface area contributed by atoms with E-state index < -0.39 is 5.97 Å². The van der Waals surface area contributed by atoms with Gasteiger partial charge in [0.1, 0.15) is 16.5 Å². The molecule has 88 valence electrons. The minimum absolute atomic E-state index is 0.238. The zero-order chi connectivity index (χ0) is 12.4. The molecule has 0 saturated carbocycles. The van der Waals surface area contributed by atoms with Crippen molar-refractivity contribution in [2.45, 2.75) is 13.8 Å². The average Bonchev–Trinajstić information content (AvgIpc) is 2.64. The molecule has 2 rings (SSSR count). The summed E-state index contributed by atoms with van der Waals surface area (Å²) in [4.78, 5) is 19.2. The molecule has 0 fully saturated rings. The molecule has 0 saturated heterocycles. The number of aryl methyl sites for hydroxylation is 2. The fourth-order valence-electron chi connectivity index (χ4n) is 1.34. The zero-order valence-electron chi connectivity index (χ0n) is 9.30. The first-order chi connectivity index (χ1) is 8.04. The van der Waals surface area contributed by atoms with Crippen molar-refractivity contribution in [2.75, 3.05) is 0 Å².